The third-order valence-electron chi connectivity index (χ3n) is 3.80. The van der Waals surface area contributed by atoms with Gasteiger partial charge in [0.1, 0.15) is 12.9 Å². The molecule has 1 aromatic heterocycles. The molecule has 8 nitrogen and oxygen atoms in total. The predicted molar refractivity (Wildman–Crippen MR) is 111 cm³/mol. The molecule has 3 amide bonds. The lowest BCUT2D eigenvalue weighted by molar-refractivity contribution is -0.118. The van der Waals surface area contributed by atoms with E-state index in [0.717, 1.165) is 4.47 Å². The smallest absolute Gasteiger partial charge is 0.308 e. The van der Waals surface area contributed by atoms with E-state index in [4.69, 9.17) is 11.6 Å². The van der Waals surface area contributed by atoms with E-state index in [-0.39, 0.29) is 12.1 Å². The third-order valence-corrected chi connectivity index (χ3v) is 4.54. The average Bonchev–Trinajstić information content (AvgIpc) is 2.64. The zero-order valence-corrected chi connectivity index (χ0v) is 17.0. The number of carbonyl (C=O) groups is 2. The van der Waals surface area contributed by atoms with Crippen LogP contribution in [0.3, 0.4) is 0 Å². The lowest BCUT2D eigenvalue weighted by atomic mass is 10.2. The number of hydrogen-bond acceptors (Lipinski definition) is 5. The number of benzene rings is 2. The normalized spacial score (nSPS) is 10.5. The summed E-state index contributed by atoms with van der Waals surface area (Å²) in [4.78, 5) is 40.9. The van der Waals surface area contributed by atoms with E-state index in [9.17, 15) is 14.4 Å². The number of amides is 3. The summed E-state index contributed by atoms with van der Waals surface area (Å²) in [6.45, 7) is -0.227. The zero-order valence-electron chi connectivity index (χ0n) is 14.6. The van der Waals surface area contributed by atoms with Crippen molar-refractivity contribution in [3.8, 4) is 0 Å². The highest BCUT2D eigenvalue weighted by atomic mass is 79.9. The van der Waals surface area contributed by atoms with Crippen molar-refractivity contribution in [1.29, 1.82) is 0 Å². The van der Waals surface area contributed by atoms with Gasteiger partial charge in [0.05, 0.1) is 10.9 Å². The summed E-state index contributed by atoms with van der Waals surface area (Å²) in [7, 11) is 1.55. The van der Waals surface area contributed by atoms with Crippen LogP contribution in [0.2, 0.25) is 5.02 Å². The van der Waals surface area contributed by atoms with Crippen LogP contribution < -0.4 is 21.2 Å². The number of nitrogens with zero attached hydrogens (tertiary/aromatic N) is 3. The van der Waals surface area contributed by atoms with Crippen LogP contribution in [0.5, 0.6) is 0 Å². The van der Waals surface area contributed by atoms with Gasteiger partial charge in [-0.25, -0.2) is 14.5 Å². The van der Waals surface area contributed by atoms with Gasteiger partial charge in [0.2, 0.25) is 5.91 Å². The molecule has 0 spiro atoms. The fourth-order valence-corrected chi connectivity index (χ4v) is 2.96. The highest BCUT2D eigenvalue weighted by Gasteiger charge is 2.13. The topological polar surface area (TPSA) is 96.3 Å². The Morgan fingerprint density at radius 3 is 2.64 bits per heavy atom. The van der Waals surface area contributed by atoms with Gasteiger partial charge in [0, 0.05) is 22.2 Å². The number of carbonyl (C=O) groups excluding carboxylic acids is 2. The highest BCUT2D eigenvalue weighted by molar-refractivity contribution is 9.10. The van der Waals surface area contributed by atoms with Crippen molar-refractivity contribution < 1.29 is 9.59 Å². The van der Waals surface area contributed by atoms with Crippen LogP contribution in [0.15, 0.2) is 58.1 Å². The van der Waals surface area contributed by atoms with Gasteiger partial charge in [0.15, 0.2) is 0 Å². The van der Waals surface area contributed by atoms with E-state index >= 15 is 0 Å². The Bertz CT molecular complexity index is 1100. The molecule has 0 saturated heterocycles. The molecule has 1 heterocycles. The lowest BCUT2D eigenvalue weighted by Gasteiger charge is -2.20. The molecule has 0 radical (unpaired) electrons. The van der Waals surface area contributed by atoms with Gasteiger partial charge in [-0.3, -0.25) is 14.9 Å². The summed E-state index contributed by atoms with van der Waals surface area (Å²) < 4.78 is 1.96. The third kappa shape index (κ3) is 4.68. The van der Waals surface area contributed by atoms with Crippen LogP contribution in [-0.2, 0) is 4.79 Å². The van der Waals surface area contributed by atoms with Gasteiger partial charge >= 0.3 is 6.03 Å². The number of anilines is 1. The Morgan fingerprint density at radius 2 is 1.93 bits per heavy atom. The quantitative estimate of drug-likeness (QED) is 0.619. The van der Waals surface area contributed by atoms with Crippen LogP contribution in [0, 0.1) is 0 Å². The van der Waals surface area contributed by atoms with Crippen molar-refractivity contribution in [3.05, 3.63) is 68.6 Å². The Balaban J connectivity index is 1.66. The minimum Gasteiger partial charge on any atom is -0.308 e. The van der Waals surface area contributed by atoms with Crippen molar-refractivity contribution in [2.45, 2.75) is 0 Å². The molecule has 0 aliphatic rings. The second-order valence-corrected chi connectivity index (χ2v) is 7.23. The zero-order chi connectivity index (χ0) is 20.3. The van der Waals surface area contributed by atoms with E-state index in [1.165, 1.54) is 16.0 Å². The predicted octanol–water partition coefficient (Wildman–Crippen LogP) is 2.73. The van der Waals surface area contributed by atoms with Gasteiger partial charge in [-0.2, -0.15) is 0 Å². The number of fused-ring (bicyclic) bond motifs is 1. The summed E-state index contributed by atoms with van der Waals surface area (Å²) in [6, 6.07) is 10.9. The number of aromatic nitrogens is 2. The van der Waals surface area contributed by atoms with E-state index in [1.807, 2.05) is 0 Å². The molecule has 2 N–H and O–H groups in total. The van der Waals surface area contributed by atoms with Gasteiger partial charge in [-0.05, 0) is 42.5 Å². The molecule has 3 aromatic rings. The molecule has 0 unspecified atom stereocenters. The van der Waals surface area contributed by atoms with E-state index in [0.29, 0.717) is 21.6 Å². The number of likely N-dealkylation sites (N-methyl/N-ethyl adjacent to an activating group) is 1. The molecule has 2 aromatic carbocycles. The second kappa shape index (κ2) is 8.41. The number of urea groups is 1. The van der Waals surface area contributed by atoms with Crippen LogP contribution in [-0.4, -0.2) is 35.2 Å². The summed E-state index contributed by atoms with van der Waals surface area (Å²) in [5.74, 6) is -0.588. The van der Waals surface area contributed by atoms with Crippen molar-refractivity contribution in [2.75, 3.05) is 23.9 Å². The van der Waals surface area contributed by atoms with Crippen molar-refractivity contribution in [1.82, 2.24) is 15.0 Å². The van der Waals surface area contributed by atoms with Gasteiger partial charge in [0.25, 0.3) is 5.56 Å². The molecule has 0 atom stereocenters. The molecule has 28 heavy (non-hydrogen) atoms. The Hall–Kier alpha value is -2.91. The maximum absolute atomic E-state index is 12.6. The van der Waals surface area contributed by atoms with Gasteiger partial charge in [-0.15, -0.1) is 0 Å². The number of hydrogen-bond donors (Lipinski definition) is 2. The van der Waals surface area contributed by atoms with E-state index in [2.05, 4.69) is 31.5 Å². The van der Waals surface area contributed by atoms with Crippen LogP contribution in [0.25, 0.3) is 10.9 Å². The molecule has 0 saturated carbocycles. The number of halogens is 2. The number of nitrogens with one attached hydrogen (secondary N) is 2. The van der Waals surface area contributed by atoms with Gasteiger partial charge < -0.3 is 10.3 Å². The first-order valence-corrected chi connectivity index (χ1v) is 9.25. The molecule has 0 aliphatic carbocycles. The summed E-state index contributed by atoms with van der Waals surface area (Å²) in [5, 5.41) is 7.02. The molecule has 0 aliphatic heterocycles. The fourth-order valence-electron chi connectivity index (χ4n) is 2.47. The Kier molecular flexibility index (Phi) is 5.96. The SMILES string of the molecule is CN(CC(=O)NC(=O)Nc1ccc(Cl)cc1)n1cnc2ccc(Br)cc2c1=O. The lowest BCUT2D eigenvalue weighted by Crippen LogP contribution is -2.47. The molecule has 3 rings (SSSR count). The van der Waals surface area contributed by atoms with E-state index < -0.39 is 11.9 Å². The van der Waals surface area contributed by atoms with Gasteiger partial charge in [-0.1, -0.05) is 27.5 Å². The number of imide groups is 1. The summed E-state index contributed by atoms with van der Waals surface area (Å²) in [5.41, 5.74) is 0.709. The van der Waals surface area contributed by atoms with Crippen molar-refractivity contribution in [3.63, 3.8) is 0 Å². The van der Waals surface area contributed by atoms with Crippen molar-refractivity contribution >= 4 is 56.1 Å². The average molecular weight is 465 g/mol. The molecule has 0 bridgehead atoms. The first kappa shape index (κ1) is 19.8. The molecule has 10 heteroatoms. The second-order valence-electron chi connectivity index (χ2n) is 5.88. The van der Waals surface area contributed by atoms with Crippen molar-refractivity contribution in [2.24, 2.45) is 0 Å². The highest BCUT2D eigenvalue weighted by Crippen LogP contribution is 2.15. The Labute approximate surface area is 173 Å². The Morgan fingerprint density at radius 1 is 1.21 bits per heavy atom. The minimum absolute atomic E-state index is 0.227. The first-order chi connectivity index (χ1) is 13.3. The van der Waals surface area contributed by atoms with E-state index in [1.54, 1.807) is 49.5 Å². The molecular weight excluding hydrogens is 450 g/mol. The molecule has 0 fully saturated rings. The minimum atomic E-state index is -0.686. The monoisotopic (exact) mass is 463 g/mol. The first-order valence-electron chi connectivity index (χ1n) is 8.08. The molecule has 144 valence electrons. The largest absolute Gasteiger partial charge is 0.325 e. The summed E-state index contributed by atoms with van der Waals surface area (Å²) >= 11 is 9.10. The summed E-state index contributed by atoms with van der Waals surface area (Å²) in [6.07, 6.45) is 1.33. The maximum Gasteiger partial charge on any atom is 0.325 e. The fraction of sp³-hybridized carbons (Fsp3) is 0.111. The van der Waals surface area contributed by atoms with Crippen LogP contribution in [0.1, 0.15) is 0 Å². The molecular formula is C18H15BrClN5O3. The van der Waals surface area contributed by atoms with Crippen LogP contribution >= 0.6 is 27.5 Å². The maximum atomic E-state index is 12.6. The standard InChI is InChI=1S/C18H15BrClN5O3/c1-24(25-10-21-15-7-2-11(19)8-14(15)17(25)27)9-16(26)23-18(28)22-13-5-3-12(20)4-6-13/h2-8,10H,9H2,1H3,(H2,22,23,26,28). The van der Waals surface area contributed by atoms with Crippen LogP contribution in [0.4, 0.5) is 10.5 Å². The number of rotatable bonds is 4.